The van der Waals surface area contributed by atoms with E-state index >= 15 is 0 Å². The van der Waals surface area contributed by atoms with E-state index in [4.69, 9.17) is 5.14 Å². The number of nitrogens with zero attached hydrogens (tertiary/aromatic N) is 1. The molecule has 6 nitrogen and oxygen atoms in total. The third-order valence-electron chi connectivity index (χ3n) is 3.66. The molecule has 0 aromatic heterocycles. The molecule has 0 aliphatic carbocycles. The summed E-state index contributed by atoms with van der Waals surface area (Å²) in [6, 6.07) is 0. The molecular formula is C12H25N3O3S. The number of hydrogen-bond acceptors (Lipinski definition) is 3. The number of amides is 1. The lowest BCUT2D eigenvalue weighted by atomic mass is 9.97. The van der Waals surface area contributed by atoms with Crippen molar-refractivity contribution in [1.82, 2.24) is 9.62 Å². The Balaban J connectivity index is 2.43. The molecule has 2 atom stereocenters. The standard InChI is InChI=1S/C12H25N3O3S/c1-3-10(2)7-12(16)15-6-4-5-11(9-15)8-14-19(13,17)18/h10-11,14H,3-9H2,1-2H3,(H2,13,17,18). The largest absolute Gasteiger partial charge is 0.342 e. The molecule has 3 N–H and O–H groups in total. The first-order chi connectivity index (χ1) is 8.81. The molecule has 19 heavy (non-hydrogen) atoms. The summed E-state index contributed by atoms with van der Waals surface area (Å²) in [7, 11) is -3.64. The second-order valence-corrected chi connectivity index (χ2v) is 6.84. The van der Waals surface area contributed by atoms with Crippen LogP contribution in [0.15, 0.2) is 0 Å². The van der Waals surface area contributed by atoms with Gasteiger partial charge in [0, 0.05) is 26.1 Å². The van der Waals surface area contributed by atoms with Crippen LogP contribution < -0.4 is 9.86 Å². The van der Waals surface area contributed by atoms with E-state index in [2.05, 4.69) is 18.6 Å². The number of hydrogen-bond donors (Lipinski definition) is 2. The number of rotatable bonds is 6. The summed E-state index contributed by atoms with van der Waals surface area (Å²) in [5.74, 6) is 0.734. The molecule has 1 aliphatic rings. The summed E-state index contributed by atoms with van der Waals surface area (Å²) >= 11 is 0. The molecular weight excluding hydrogens is 266 g/mol. The van der Waals surface area contributed by atoms with E-state index < -0.39 is 10.2 Å². The highest BCUT2D eigenvalue weighted by atomic mass is 32.2. The van der Waals surface area contributed by atoms with E-state index in [0.29, 0.717) is 25.4 Å². The van der Waals surface area contributed by atoms with Gasteiger partial charge in [0.15, 0.2) is 0 Å². The third kappa shape index (κ3) is 6.35. The molecule has 1 fully saturated rings. The van der Waals surface area contributed by atoms with Gasteiger partial charge in [0.1, 0.15) is 0 Å². The zero-order chi connectivity index (χ0) is 14.5. The molecule has 1 saturated heterocycles. The third-order valence-corrected chi connectivity index (χ3v) is 4.23. The molecule has 0 spiro atoms. The molecule has 0 saturated carbocycles. The summed E-state index contributed by atoms with van der Waals surface area (Å²) in [6.45, 7) is 5.86. The van der Waals surface area contributed by atoms with Crippen molar-refractivity contribution >= 4 is 16.1 Å². The Kier molecular flexibility index (Phi) is 6.22. The van der Waals surface area contributed by atoms with Gasteiger partial charge in [-0.3, -0.25) is 4.79 Å². The van der Waals surface area contributed by atoms with Gasteiger partial charge in [-0.25, -0.2) is 9.86 Å². The Morgan fingerprint density at radius 1 is 1.53 bits per heavy atom. The van der Waals surface area contributed by atoms with Gasteiger partial charge in [0.25, 0.3) is 10.2 Å². The first kappa shape index (κ1) is 16.4. The minimum Gasteiger partial charge on any atom is -0.342 e. The van der Waals surface area contributed by atoms with Crippen LogP contribution in [0.4, 0.5) is 0 Å². The SMILES string of the molecule is CCC(C)CC(=O)N1CCCC(CNS(N)(=O)=O)C1. The average Bonchev–Trinajstić information content (AvgIpc) is 2.35. The van der Waals surface area contributed by atoms with Gasteiger partial charge in [-0.2, -0.15) is 8.42 Å². The number of likely N-dealkylation sites (tertiary alicyclic amines) is 1. The molecule has 7 heteroatoms. The first-order valence-electron chi connectivity index (χ1n) is 6.87. The van der Waals surface area contributed by atoms with Crippen LogP contribution in [0.2, 0.25) is 0 Å². The van der Waals surface area contributed by atoms with Gasteiger partial charge in [-0.1, -0.05) is 20.3 Å². The second kappa shape index (κ2) is 7.21. The lowest BCUT2D eigenvalue weighted by Gasteiger charge is -2.33. The van der Waals surface area contributed by atoms with E-state index in [9.17, 15) is 13.2 Å². The van der Waals surface area contributed by atoms with Crippen molar-refractivity contribution in [3.63, 3.8) is 0 Å². The summed E-state index contributed by atoms with van der Waals surface area (Å²) in [5.41, 5.74) is 0. The van der Waals surface area contributed by atoms with Gasteiger partial charge in [-0.05, 0) is 24.7 Å². The van der Waals surface area contributed by atoms with E-state index in [1.165, 1.54) is 0 Å². The highest BCUT2D eigenvalue weighted by Crippen LogP contribution is 2.18. The number of carbonyl (C=O) groups excluding carboxylic acids is 1. The summed E-state index contributed by atoms with van der Waals surface area (Å²) < 4.78 is 24.0. The van der Waals surface area contributed by atoms with Crippen LogP contribution in [0.25, 0.3) is 0 Å². The highest BCUT2D eigenvalue weighted by molar-refractivity contribution is 7.87. The number of nitrogens with two attached hydrogens (primary N) is 1. The quantitative estimate of drug-likeness (QED) is 0.744. The topological polar surface area (TPSA) is 92.5 Å². The van der Waals surface area contributed by atoms with Crippen LogP contribution in [-0.2, 0) is 15.0 Å². The summed E-state index contributed by atoms with van der Waals surface area (Å²) in [6.07, 6.45) is 3.42. The Bertz CT molecular complexity index is 397. The van der Waals surface area contributed by atoms with Crippen molar-refractivity contribution in [3.05, 3.63) is 0 Å². The van der Waals surface area contributed by atoms with Crippen molar-refractivity contribution in [1.29, 1.82) is 0 Å². The second-order valence-electron chi connectivity index (χ2n) is 5.46. The smallest absolute Gasteiger partial charge is 0.274 e. The van der Waals surface area contributed by atoms with Gasteiger partial charge < -0.3 is 4.90 Å². The maximum atomic E-state index is 12.1. The first-order valence-corrected chi connectivity index (χ1v) is 8.41. The fourth-order valence-electron chi connectivity index (χ4n) is 2.26. The maximum absolute atomic E-state index is 12.1. The Hall–Kier alpha value is -0.660. The molecule has 1 aliphatic heterocycles. The van der Waals surface area contributed by atoms with Crippen LogP contribution in [-0.4, -0.2) is 38.9 Å². The fourth-order valence-corrected chi connectivity index (χ4v) is 2.73. The molecule has 112 valence electrons. The zero-order valence-electron chi connectivity index (χ0n) is 11.8. The number of nitrogens with one attached hydrogen (secondary N) is 1. The van der Waals surface area contributed by atoms with E-state index in [0.717, 1.165) is 25.8 Å². The Morgan fingerprint density at radius 2 is 2.21 bits per heavy atom. The number of carbonyl (C=O) groups is 1. The van der Waals surface area contributed by atoms with Gasteiger partial charge in [0.05, 0.1) is 0 Å². The zero-order valence-corrected chi connectivity index (χ0v) is 12.6. The van der Waals surface area contributed by atoms with Crippen LogP contribution >= 0.6 is 0 Å². The van der Waals surface area contributed by atoms with Gasteiger partial charge in [0.2, 0.25) is 5.91 Å². The van der Waals surface area contributed by atoms with E-state index in [1.54, 1.807) is 0 Å². The lowest BCUT2D eigenvalue weighted by molar-refractivity contribution is -0.133. The van der Waals surface area contributed by atoms with Gasteiger partial charge in [-0.15, -0.1) is 0 Å². The van der Waals surface area contributed by atoms with Crippen LogP contribution in [0, 0.1) is 11.8 Å². The fraction of sp³-hybridized carbons (Fsp3) is 0.917. The Labute approximate surface area is 115 Å². The molecule has 2 unspecified atom stereocenters. The molecule has 1 rings (SSSR count). The molecule has 0 aromatic rings. The predicted molar refractivity (Wildman–Crippen MR) is 74.5 cm³/mol. The van der Waals surface area contributed by atoms with E-state index in [-0.39, 0.29) is 11.8 Å². The van der Waals surface area contributed by atoms with Crippen molar-refractivity contribution in [2.24, 2.45) is 17.0 Å². The molecule has 1 heterocycles. The molecule has 0 radical (unpaired) electrons. The highest BCUT2D eigenvalue weighted by Gasteiger charge is 2.24. The molecule has 0 aromatic carbocycles. The predicted octanol–water partition coefficient (Wildman–Crippen LogP) is 0.454. The normalized spacial score (nSPS) is 22.3. The lowest BCUT2D eigenvalue weighted by Crippen LogP contribution is -2.45. The maximum Gasteiger partial charge on any atom is 0.274 e. The molecule has 1 amide bonds. The van der Waals surface area contributed by atoms with Crippen LogP contribution in [0.3, 0.4) is 0 Å². The minimum absolute atomic E-state index is 0.160. The summed E-state index contributed by atoms with van der Waals surface area (Å²) in [5, 5.41) is 4.91. The van der Waals surface area contributed by atoms with Crippen molar-refractivity contribution in [2.75, 3.05) is 19.6 Å². The monoisotopic (exact) mass is 291 g/mol. The minimum atomic E-state index is -3.64. The van der Waals surface area contributed by atoms with Crippen molar-refractivity contribution < 1.29 is 13.2 Å². The van der Waals surface area contributed by atoms with Crippen LogP contribution in [0.5, 0.6) is 0 Å². The number of piperidine rings is 1. The van der Waals surface area contributed by atoms with Crippen molar-refractivity contribution in [3.8, 4) is 0 Å². The van der Waals surface area contributed by atoms with Crippen LogP contribution in [0.1, 0.15) is 39.5 Å². The van der Waals surface area contributed by atoms with Crippen molar-refractivity contribution in [2.45, 2.75) is 39.5 Å². The Morgan fingerprint density at radius 3 is 2.79 bits per heavy atom. The van der Waals surface area contributed by atoms with E-state index in [1.807, 2.05) is 4.90 Å². The molecule has 0 bridgehead atoms. The van der Waals surface area contributed by atoms with Gasteiger partial charge >= 0.3 is 0 Å². The average molecular weight is 291 g/mol. The summed E-state index contributed by atoms with van der Waals surface area (Å²) in [4.78, 5) is 13.9.